The number of para-hydroxylation sites is 3. The molecule has 1 saturated heterocycles. The smallest absolute Gasteiger partial charge is 0.241 e. The molecule has 0 aliphatic carbocycles. The standard InChI is InChI=1S/C22H26N4O3/c1-3-28-19-10-6-4-8-17(19)22-23-21(29-24-22)16-25-12-14-26(15-13-25)18-9-5-7-11-20(18)27-2/h4-11H,3,12-16H2,1-2H3. The minimum Gasteiger partial charge on any atom is -0.495 e. The number of benzene rings is 2. The molecule has 7 heteroatoms. The Kier molecular flexibility index (Phi) is 5.95. The summed E-state index contributed by atoms with van der Waals surface area (Å²) in [5.41, 5.74) is 1.99. The fourth-order valence-corrected chi connectivity index (χ4v) is 3.59. The van der Waals surface area contributed by atoms with Crippen LogP contribution in [0.15, 0.2) is 53.1 Å². The Morgan fingerprint density at radius 3 is 2.45 bits per heavy atom. The van der Waals surface area contributed by atoms with Gasteiger partial charge in [0.05, 0.1) is 31.5 Å². The molecule has 1 aliphatic rings. The molecule has 0 unspecified atom stereocenters. The van der Waals surface area contributed by atoms with Gasteiger partial charge in [0.15, 0.2) is 0 Å². The van der Waals surface area contributed by atoms with Crippen molar-refractivity contribution in [3.63, 3.8) is 0 Å². The molecule has 0 radical (unpaired) electrons. The Morgan fingerprint density at radius 1 is 0.966 bits per heavy atom. The molecule has 2 heterocycles. The van der Waals surface area contributed by atoms with Gasteiger partial charge < -0.3 is 18.9 Å². The third-order valence-electron chi connectivity index (χ3n) is 5.05. The van der Waals surface area contributed by atoms with Crippen LogP contribution in [0.3, 0.4) is 0 Å². The molecule has 0 amide bonds. The van der Waals surface area contributed by atoms with Crippen LogP contribution in [-0.2, 0) is 6.54 Å². The first-order valence-electron chi connectivity index (χ1n) is 9.93. The first-order chi connectivity index (χ1) is 14.3. The number of methoxy groups -OCH3 is 1. The highest BCUT2D eigenvalue weighted by molar-refractivity contribution is 5.63. The van der Waals surface area contributed by atoms with E-state index >= 15 is 0 Å². The second kappa shape index (κ2) is 8.96. The van der Waals surface area contributed by atoms with Crippen LogP contribution < -0.4 is 14.4 Å². The number of aromatic nitrogens is 2. The van der Waals surface area contributed by atoms with Crippen LogP contribution in [0.5, 0.6) is 11.5 Å². The van der Waals surface area contributed by atoms with E-state index in [1.165, 1.54) is 0 Å². The second-order valence-electron chi connectivity index (χ2n) is 6.88. The lowest BCUT2D eigenvalue weighted by molar-refractivity contribution is 0.215. The van der Waals surface area contributed by atoms with Gasteiger partial charge in [0, 0.05) is 26.2 Å². The van der Waals surface area contributed by atoms with Gasteiger partial charge in [-0.05, 0) is 31.2 Å². The average molecular weight is 394 g/mol. The number of ether oxygens (including phenoxy) is 2. The lowest BCUT2D eigenvalue weighted by Gasteiger charge is -2.35. The highest BCUT2D eigenvalue weighted by Crippen LogP contribution is 2.29. The van der Waals surface area contributed by atoms with Crippen molar-refractivity contribution in [1.82, 2.24) is 15.0 Å². The third-order valence-corrected chi connectivity index (χ3v) is 5.05. The summed E-state index contributed by atoms with van der Waals surface area (Å²) in [7, 11) is 1.71. The maximum absolute atomic E-state index is 5.68. The normalized spacial score (nSPS) is 14.8. The lowest BCUT2D eigenvalue weighted by atomic mass is 10.2. The van der Waals surface area contributed by atoms with Gasteiger partial charge in [0.25, 0.3) is 0 Å². The van der Waals surface area contributed by atoms with Gasteiger partial charge in [-0.1, -0.05) is 29.4 Å². The van der Waals surface area contributed by atoms with Crippen molar-refractivity contribution in [2.45, 2.75) is 13.5 Å². The van der Waals surface area contributed by atoms with E-state index < -0.39 is 0 Å². The fraction of sp³-hybridized carbons (Fsp3) is 0.364. The summed E-state index contributed by atoms with van der Waals surface area (Å²) in [4.78, 5) is 9.27. The number of rotatable bonds is 7. The molecule has 0 saturated carbocycles. The molecule has 1 aromatic heterocycles. The summed E-state index contributed by atoms with van der Waals surface area (Å²) in [6.45, 7) is 6.89. The van der Waals surface area contributed by atoms with Crippen LogP contribution in [-0.4, -0.2) is 54.9 Å². The van der Waals surface area contributed by atoms with E-state index in [0.717, 1.165) is 48.9 Å². The summed E-state index contributed by atoms with van der Waals surface area (Å²) in [5.74, 6) is 2.87. The van der Waals surface area contributed by atoms with Crippen LogP contribution in [0.1, 0.15) is 12.8 Å². The topological polar surface area (TPSA) is 63.9 Å². The van der Waals surface area contributed by atoms with E-state index in [4.69, 9.17) is 14.0 Å². The molecule has 0 spiro atoms. The van der Waals surface area contributed by atoms with Crippen molar-refractivity contribution < 1.29 is 14.0 Å². The van der Waals surface area contributed by atoms with Gasteiger partial charge in [-0.25, -0.2) is 0 Å². The number of piperazine rings is 1. The minimum absolute atomic E-state index is 0.566. The summed E-state index contributed by atoms with van der Waals surface area (Å²) in [6.07, 6.45) is 0. The quantitative estimate of drug-likeness (QED) is 0.608. The number of hydrogen-bond acceptors (Lipinski definition) is 7. The van der Waals surface area contributed by atoms with E-state index in [1.807, 2.05) is 49.4 Å². The Bertz CT molecular complexity index is 935. The molecule has 4 rings (SSSR count). The van der Waals surface area contributed by atoms with Crippen molar-refractivity contribution in [2.24, 2.45) is 0 Å². The van der Waals surface area contributed by atoms with Crippen LogP contribution in [0.2, 0.25) is 0 Å². The fourth-order valence-electron chi connectivity index (χ4n) is 3.59. The SMILES string of the molecule is CCOc1ccccc1-c1noc(CN2CCN(c3ccccc3OC)CC2)n1. The molecule has 1 aliphatic heterocycles. The third kappa shape index (κ3) is 4.35. The Balaban J connectivity index is 1.38. The van der Waals surface area contributed by atoms with Gasteiger partial charge in [0.2, 0.25) is 11.7 Å². The molecule has 0 bridgehead atoms. The van der Waals surface area contributed by atoms with E-state index in [-0.39, 0.29) is 0 Å². The summed E-state index contributed by atoms with van der Waals surface area (Å²) in [6, 6.07) is 15.9. The van der Waals surface area contributed by atoms with E-state index in [1.54, 1.807) is 7.11 Å². The largest absolute Gasteiger partial charge is 0.495 e. The molecule has 29 heavy (non-hydrogen) atoms. The monoisotopic (exact) mass is 394 g/mol. The van der Waals surface area contributed by atoms with Gasteiger partial charge in [-0.15, -0.1) is 0 Å². The van der Waals surface area contributed by atoms with E-state index in [2.05, 4.69) is 26.0 Å². The molecule has 3 aromatic rings. The Hall–Kier alpha value is -3.06. The van der Waals surface area contributed by atoms with E-state index in [0.29, 0.717) is 24.9 Å². The number of hydrogen-bond donors (Lipinski definition) is 0. The predicted octanol–water partition coefficient (Wildman–Crippen LogP) is 3.47. The molecule has 7 nitrogen and oxygen atoms in total. The number of anilines is 1. The molecular formula is C22H26N4O3. The lowest BCUT2D eigenvalue weighted by Crippen LogP contribution is -2.46. The highest BCUT2D eigenvalue weighted by Gasteiger charge is 2.22. The van der Waals surface area contributed by atoms with Gasteiger partial charge in [0.1, 0.15) is 11.5 Å². The zero-order valence-electron chi connectivity index (χ0n) is 16.9. The maximum atomic E-state index is 5.68. The highest BCUT2D eigenvalue weighted by atomic mass is 16.5. The molecule has 2 aromatic carbocycles. The molecular weight excluding hydrogens is 368 g/mol. The first-order valence-corrected chi connectivity index (χ1v) is 9.93. The van der Waals surface area contributed by atoms with Crippen LogP contribution in [0, 0.1) is 0 Å². The first kappa shape index (κ1) is 19.3. The minimum atomic E-state index is 0.566. The molecule has 152 valence electrons. The van der Waals surface area contributed by atoms with Crippen LogP contribution in [0.25, 0.3) is 11.4 Å². The Labute approximate surface area is 170 Å². The van der Waals surface area contributed by atoms with Crippen molar-refractivity contribution in [2.75, 3.05) is 44.8 Å². The molecule has 0 atom stereocenters. The number of nitrogens with zero attached hydrogens (tertiary/aromatic N) is 4. The molecule has 0 N–H and O–H groups in total. The van der Waals surface area contributed by atoms with Crippen molar-refractivity contribution in [1.29, 1.82) is 0 Å². The van der Waals surface area contributed by atoms with E-state index in [9.17, 15) is 0 Å². The van der Waals surface area contributed by atoms with Gasteiger partial charge in [-0.2, -0.15) is 4.98 Å². The van der Waals surface area contributed by atoms with Crippen molar-refractivity contribution in [3.05, 3.63) is 54.4 Å². The second-order valence-corrected chi connectivity index (χ2v) is 6.88. The van der Waals surface area contributed by atoms with Crippen LogP contribution in [0.4, 0.5) is 5.69 Å². The predicted molar refractivity (Wildman–Crippen MR) is 111 cm³/mol. The average Bonchev–Trinajstić information content (AvgIpc) is 3.23. The van der Waals surface area contributed by atoms with Gasteiger partial charge >= 0.3 is 0 Å². The van der Waals surface area contributed by atoms with Gasteiger partial charge in [-0.3, -0.25) is 4.90 Å². The zero-order valence-corrected chi connectivity index (χ0v) is 16.9. The molecule has 1 fully saturated rings. The Morgan fingerprint density at radius 2 is 1.69 bits per heavy atom. The summed E-state index contributed by atoms with van der Waals surface area (Å²) < 4.78 is 16.7. The summed E-state index contributed by atoms with van der Waals surface area (Å²) >= 11 is 0. The van der Waals surface area contributed by atoms with Crippen molar-refractivity contribution in [3.8, 4) is 22.9 Å². The maximum Gasteiger partial charge on any atom is 0.241 e. The zero-order chi connectivity index (χ0) is 20.1. The summed E-state index contributed by atoms with van der Waals surface area (Å²) in [5, 5.41) is 4.16. The van der Waals surface area contributed by atoms with Crippen molar-refractivity contribution >= 4 is 5.69 Å². The van der Waals surface area contributed by atoms with Crippen LogP contribution >= 0.6 is 0 Å².